The van der Waals surface area contributed by atoms with Crippen molar-refractivity contribution in [3.63, 3.8) is 0 Å². The summed E-state index contributed by atoms with van der Waals surface area (Å²) in [5, 5.41) is 4.04. The summed E-state index contributed by atoms with van der Waals surface area (Å²) in [4.78, 5) is 8.68. The molecule has 4 aromatic heterocycles. The highest BCUT2D eigenvalue weighted by molar-refractivity contribution is 7.91. The topological polar surface area (TPSA) is 81.6 Å². The van der Waals surface area contributed by atoms with Crippen LogP contribution < -0.4 is 0 Å². The number of hydrogen-bond acceptors (Lipinski definition) is 5. The maximum absolute atomic E-state index is 13.0. The van der Waals surface area contributed by atoms with Crippen molar-refractivity contribution < 1.29 is 21.6 Å². The molecule has 0 saturated heterocycles. The van der Waals surface area contributed by atoms with Gasteiger partial charge >= 0.3 is 6.18 Å². The average Bonchev–Trinajstić information content (AvgIpc) is 3.34. The molecule has 0 unspecified atom stereocenters. The van der Waals surface area contributed by atoms with Crippen LogP contribution in [0.4, 0.5) is 13.2 Å². The van der Waals surface area contributed by atoms with Crippen molar-refractivity contribution in [2.45, 2.75) is 36.9 Å². The molecule has 0 N–H and O–H groups in total. The summed E-state index contributed by atoms with van der Waals surface area (Å²) < 4.78 is 67.1. The third-order valence-corrected chi connectivity index (χ3v) is 6.94. The Hall–Kier alpha value is -2.95. The number of sulfone groups is 1. The van der Waals surface area contributed by atoms with Gasteiger partial charge in [-0.1, -0.05) is 6.92 Å². The Labute approximate surface area is 169 Å². The lowest BCUT2D eigenvalue weighted by Crippen LogP contribution is -2.09. The van der Waals surface area contributed by atoms with Gasteiger partial charge in [0.25, 0.3) is 0 Å². The lowest BCUT2D eigenvalue weighted by atomic mass is 10.2. The molecule has 1 saturated carbocycles. The number of imidazole rings is 1. The Morgan fingerprint density at radius 2 is 1.90 bits per heavy atom. The zero-order chi connectivity index (χ0) is 21.3. The van der Waals surface area contributed by atoms with E-state index in [2.05, 4.69) is 15.1 Å². The first-order valence-electron chi connectivity index (χ1n) is 9.36. The van der Waals surface area contributed by atoms with Gasteiger partial charge in [0.15, 0.2) is 20.5 Å². The Bertz CT molecular complexity index is 1400. The maximum Gasteiger partial charge on any atom is 0.417 e. The van der Waals surface area contributed by atoms with Crippen LogP contribution in [0.1, 0.15) is 36.8 Å². The molecule has 5 rings (SSSR count). The van der Waals surface area contributed by atoms with Crippen molar-refractivity contribution in [1.82, 2.24) is 24.0 Å². The quantitative estimate of drug-likeness (QED) is 0.488. The van der Waals surface area contributed by atoms with Gasteiger partial charge in [0, 0.05) is 12.4 Å². The molecule has 4 aromatic rings. The second kappa shape index (κ2) is 6.27. The molecular formula is C19H16F3N5O2S. The fourth-order valence-electron chi connectivity index (χ4n) is 3.44. The highest BCUT2D eigenvalue weighted by Gasteiger charge is 2.32. The van der Waals surface area contributed by atoms with Gasteiger partial charge in [0.05, 0.1) is 11.3 Å². The van der Waals surface area contributed by atoms with E-state index >= 15 is 0 Å². The fourth-order valence-corrected chi connectivity index (χ4v) is 4.60. The van der Waals surface area contributed by atoms with E-state index in [0.29, 0.717) is 11.6 Å². The molecule has 0 aromatic carbocycles. The van der Waals surface area contributed by atoms with E-state index in [9.17, 15) is 21.6 Å². The third kappa shape index (κ3) is 3.04. The zero-order valence-electron chi connectivity index (χ0n) is 15.8. The molecule has 0 bridgehead atoms. The summed E-state index contributed by atoms with van der Waals surface area (Å²) >= 11 is 0. The predicted octanol–water partition coefficient (Wildman–Crippen LogP) is 3.73. The zero-order valence-corrected chi connectivity index (χ0v) is 16.6. The monoisotopic (exact) mass is 435 g/mol. The largest absolute Gasteiger partial charge is 0.417 e. The van der Waals surface area contributed by atoms with Crippen LogP contribution in [0.15, 0.2) is 41.7 Å². The number of hydrogen-bond donors (Lipinski definition) is 0. The van der Waals surface area contributed by atoms with Crippen molar-refractivity contribution >= 4 is 21.1 Å². The van der Waals surface area contributed by atoms with E-state index in [-0.39, 0.29) is 27.9 Å². The SMILES string of the molecule is CCS(=O)(=O)c1c(-c2nc3ccc(C(F)(F)F)cn3n2)nc2cc(C3CC3)ccn12. The van der Waals surface area contributed by atoms with Crippen LogP contribution in [0.25, 0.3) is 22.8 Å². The molecule has 11 heteroatoms. The van der Waals surface area contributed by atoms with Crippen molar-refractivity contribution in [2.75, 3.05) is 5.75 Å². The molecule has 4 heterocycles. The number of fused-ring (bicyclic) bond motifs is 2. The number of nitrogens with zero attached hydrogens (tertiary/aromatic N) is 5. The molecule has 30 heavy (non-hydrogen) atoms. The van der Waals surface area contributed by atoms with E-state index < -0.39 is 21.6 Å². The summed E-state index contributed by atoms with van der Waals surface area (Å²) in [7, 11) is -3.72. The standard InChI is InChI=1S/C19H16F3N5O2S/c1-2-30(28,29)18-16(23-15-9-12(11-3-4-11)7-8-26(15)18)17-24-14-6-5-13(19(20,21)22)10-27(14)25-17/h5-11H,2-4H2,1H3. The van der Waals surface area contributed by atoms with E-state index in [4.69, 9.17) is 0 Å². The first-order valence-corrected chi connectivity index (χ1v) is 11.0. The van der Waals surface area contributed by atoms with E-state index in [1.54, 1.807) is 6.20 Å². The molecule has 1 aliphatic rings. The van der Waals surface area contributed by atoms with Gasteiger partial charge in [-0.05, 0) is 48.6 Å². The lowest BCUT2D eigenvalue weighted by Gasteiger charge is -2.05. The third-order valence-electron chi connectivity index (χ3n) is 5.20. The fraction of sp³-hybridized carbons (Fsp3) is 0.316. The summed E-state index contributed by atoms with van der Waals surface area (Å²) in [6, 6.07) is 5.81. The Morgan fingerprint density at radius 1 is 1.13 bits per heavy atom. The van der Waals surface area contributed by atoms with Crippen LogP contribution in [0.3, 0.4) is 0 Å². The Kier molecular flexibility index (Phi) is 3.98. The average molecular weight is 435 g/mol. The molecule has 1 fully saturated rings. The highest BCUT2D eigenvalue weighted by atomic mass is 32.2. The van der Waals surface area contributed by atoms with Gasteiger partial charge in [-0.15, -0.1) is 5.10 Å². The van der Waals surface area contributed by atoms with Gasteiger partial charge in [-0.25, -0.2) is 22.9 Å². The summed E-state index contributed by atoms with van der Waals surface area (Å²) in [5.74, 6) is 0.248. The minimum atomic E-state index is -4.53. The molecule has 7 nitrogen and oxygen atoms in total. The number of halogens is 3. The minimum Gasteiger partial charge on any atom is -0.290 e. The molecule has 1 aliphatic carbocycles. The molecule has 0 radical (unpaired) electrons. The molecule has 0 spiro atoms. The Morgan fingerprint density at radius 3 is 2.57 bits per heavy atom. The maximum atomic E-state index is 13.0. The van der Waals surface area contributed by atoms with Gasteiger partial charge in [-0.3, -0.25) is 4.40 Å². The number of alkyl halides is 3. The van der Waals surface area contributed by atoms with Crippen molar-refractivity contribution in [3.8, 4) is 11.5 Å². The summed E-state index contributed by atoms with van der Waals surface area (Å²) in [6.45, 7) is 1.52. The number of aromatic nitrogens is 5. The van der Waals surface area contributed by atoms with Crippen LogP contribution in [-0.4, -0.2) is 38.2 Å². The van der Waals surface area contributed by atoms with Gasteiger partial charge in [0.1, 0.15) is 11.3 Å². The molecule has 0 aliphatic heterocycles. The van der Waals surface area contributed by atoms with E-state index in [0.717, 1.165) is 35.2 Å². The second-order valence-electron chi connectivity index (χ2n) is 7.29. The smallest absolute Gasteiger partial charge is 0.290 e. The van der Waals surface area contributed by atoms with Gasteiger partial charge in [-0.2, -0.15) is 13.2 Å². The predicted molar refractivity (Wildman–Crippen MR) is 102 cm³/mol. The van der Waals surface area contributed by atoms with Crippen LogP contribution in [0, 0.1) is 0 Å². The number of pyridine rings is 2. The number of rotatable bonds is 4. The van der Waals surface area contributed by atoms with E-state index in [1.165, 1.54) is 17.4 Å². The molecule has 0 amide bonds. The highest BCUT2D eigenvalue weighted by Crippen LogP contribution is 2.41. The van der Waals surface area contributed by atoms with Crippen LogP contribution in [0.5, 0.6) is 0 Å². The minimum absolute atomic E-state index is 0.0297. The molecule has 0 atom stereocenters. The van der Waals surface area contributed by atoms with Crippen molar-refractivity contribution in [1.29, 1.82) is 0 Å². The Balaban J connectivity index is 1.73. The van der Waals surface area contributed by atoms with Crippen LogP contribution >= 0.6 is 0 Å². The lowest BCUT2D eigenvalue weighted by molar-refractivity contribution is -0.137. The summed E-state index contributed by atoms with van der Waals surface area (Å²) in [6.07, 6.45) is 0.124. The van der Waals surface area contributed by atoms with Crippen molar-refractivity contribution in [3.05, 3.63) is 47.8 Å². The normalized spacial score (nSPS) is 15.3. The first kappa shape index (κ1) is 19.0. The van der Waals surface area contributed by atoms with Crippen molar-refractivity contribution in [2.24, 2.45) is 0 Å². The first-order chi connectivity index (χ1) is 14.2. The van der Waals surface area contributed by atoms with Gasteiger partial charge < -0.3 is 0 Å². The van der Waals surface area contributed by atoms with Crippen LogP contribution in [-0.2, 0) is 16.0 Å². The second-order valence-corrected chi connectivity index (χ2v) is 9.48. The summed E-state index contributed by atoms with van der Waals surface area (Å²) in [5.41, 5.74) is 0.834. The van der Waals surface area contributed by atoms with Crippen LogP contribution in [0.2, 0.25) is 0 Å². The van der Waals surface area contributed by atoms with Gasteiger partial charge in [0.2, 0.25) is 5.82 Å². The van der Waals surface area contributed by atoms with E-state index in [1.807, 2.05) is 12.1 Å². The molecular weight excluding hydrogens is 419 g/mol. The molecule has 156 valence electrons.